The van der Waals surface area contributed by atoms with Crippen LogP contribution in [0.5, 0.6) is 11.5 Å². The Bertz CT molecular complexity index is 840. The van der Waals surface area contributed by atoms with E-state index < -0.39 is 33.9 Å². The Labute approximate surface area is 151 Å². The molecule has 1 N–H and O–H groups in total. The van der Waals surface area contributed by atoms with Crippen molar-refractivity contribution in [2.75, 3.05) is 19.0 Å². The molecule has 0 unspecified atom stereocenters. The number of anilines is 1. The second kappa shape index (κ2) is 8.11. The molecule has 0 atom stereocenters. The number of nitro benzene ring substituents is 1. The van der Waals surface area contributed by atoms with Crippen LogP contribution >= 0.6 is 0 Å². The minimum Gasteiger partial charge on any atom is -0.493 e. The number of nitrogens with one attached hydrogen (secondary N) is 1. The van der Waals surface area contributed by atoms with E-state index in [-0.39, 0.29) is 12.6 Å². The number of hydrogen-bond donors (Lipinski definition) is 1. The zero-order valence-corrected chi connectivity index (χ0v) is 14.4. The Hall–Kier alpha value is -3.04. The van der Waals surface area contributed by atoms with Crippen LogP contribution in [0.25, 0.3) is 0 Å². The number of hydrogen-bond acceptors (Lipinski definition) is 5. The first-order valence-corrected chi connectivity index (χ1v) is 7.76. The molecule has 0 saturated carbocycles. The largest absolute Gasteiger partial charge is 0.493 e. The van der Waals surface area contributed by atoms with Gasteiger partial charge in [-0.3, -0.25) is 10.1 Å². The third-order valence-electron chi connectivity index (χ3n) is 3.59. The van der Waals surface area contributed by atoms with Crippen LogP contribution in [0.15, 0.2) is 30.3 Å². The average molecular weight is 388 g/mol. The van der Waals surface area contributed by atoms with Crippen molar-refractivity contribution in [2.24, 2.45) is 0 Å². The summed E-state index contributed by atoms with van der Waals surface area (Å²) in [5.74, 6) is -0.482. The van der Waals surface area contributed by atoms with Gasteiger partial charge in [0.25, 0.3) is 5.69 Å². The van der Waals surface area contributed by atoms with E-state index in [2.05, 4.69) is 5.32 Å². The lowest BCUT2D eigenvalue weighted by Crippen LogP contribution is -2.10. The predicted molar refractivity (Wildman–Crippen MR) is 89.5 cm³/mol. The van der Waals surface area contributed by atoms with Gasteiger partial charge in [-0.15, -0.1) is 0 Å². The van der Waals surface area contributed by atoms with E-state index >= 15 is 0 Å². The second-order valence-corrected chi connectivity index (χ2v) is 5.38. The Morgan fingerprint density at radius 2 is 1.89 bits per heavy atom. The van der Waals surface area contributed by atoms with Gasteiger partial charge in [0.2, 0.25) is 0 Å². The molecule has 0 radical (unpaired) electrons. The van der Waals surface area contributed by atoms with E-state index in [1.54, 1.807) is 25.1 Å². The van der Waals surface area contributed by atoms with Gasteiger partial charge >= 0.3 is 6.18 Å². The number of nitro groups is 1. The van der Waals surface area contributed by atoms with Gasteiger partial charge in [0.15, 0.2) is 17.3 Å². The Morgan fingerprint density at radius 3 is 2.44 bits per heavy atom. The molecule has 2 aromatic rings. The SMILES string of the molecule is CCOc1cc(CNc2c(F)cc(C(F)(F)F)cc2[N+](=O)[O-])ccc1OC. The van der Waals surface area contributed by atoms with Crippen molar-refractivity contribution < 1.29 is 32.0 Å². The number of methoxy groups -OCH3 is 1. The van der Waals surface area contributed by atoms with Gasteiger partial charge in [-0.1, -0.05) is 6.07 Å². The molecule has 0 bridgehead atoms. The molecule has 0 spiro atoms. The van der Waals surface area contributed by atoms with Crippen LogP contribution in [0.3, 0.4) is 0 Å². The number of ether oxygens (including phenoxy) is 2. The summed E-state index contributed by atoms with van der Waals surface area (Å²) in [4.78, 5) is 10.0. The molecule has 0 aromatic heterocycles. The molecule has 6 nitrogen and oxygen atoms in total. The van der Waals surface area contributed by atoms with Crippen LogP contribution < -0.4 is 14.8 Å². The first-order chi connectivity index (χ1) is 12.7. The Morgan fingerprint density at radius 1 is 1.19 bits per heavy atom. The highest BCUT2D eigenvalue weighted by atomic mass is 19.4. The maximum absolute atomic E-state index is 14.1. The summed E-state index contributed by atoms with van der Waals surface area (Å²) in [6.07, 6.45) is -4.90. The fourth-order valence-electron chi connectivity index (χ4n) is 2.36. The van der Waals surface area contributed by atoms with Gasteiger partial charge < -0.3 is 14.8 Å². The third kappa shape index (κ3) is 4.78. The summed E-state index contributed by atoms with van der Waals surface area (Å²) in [6.45, 7) is 2.06. The first-order valence-electron chi connectivity index (χ1n) is 7.76. The van der Waals surface area contributed by atoms with E-state index in [0.717, 1.165) is 0 Å². The van der Waals surface area contributed by atoms with Crippen molar-refractivity contribution in [1.29, 1.82) is 0 Å². The van der Waals surface area contributed by atoms with Crippen molar-refractivity contribution in [3.05, 3.63) is 57.4 Å². The van der Waals surface area contributed by atoms with E-state index in [1.807, 2.05) is 0 Å². The molecule has 27 heavy (non-hydrogen) atoms. The van der Waals surface area contributed by atoms with Gasteiger partial charge in [-0.2, -0.15) is 13.2 Å². The summed E-state index contributed by atoms with van der Waals surface area (Å²) in [6, 6.07) is 5.31. The molecule has 0 heterocycles. The van der Waals surface area contributed by atoms with Gasteiger partial charge in [-0.25, -0.2) is 4.39 Å². The lowest BCUT2D eigenvalue weighted by atomic mass is 10.1. The minimum absolute atomic E-state index is 0.0762. The highest BCUT2D eigenvalue weighted by Gasteiger charge is 2.35. The molecule has 146 valence electrons. The van der Waals surface area contributed by atoms with Crippen molar-refractivity contribution >= 4 is 11.4 Å². The Kier molecular flexibility index (Phi) is 6.09. The fourth-order valence-corrected chi connectivity index (χ4v) is 2.36. The molecule has 0 aliphatic rings. The van der Waals surface area contributed by atoms with Gasteiger partial charge in [0.05, 0.1) is 24.2 Å². The molecule has 0 saturated heterocycles. The predicted octanol–water partition coefficient (Wildman–Crippen LogP) is 4.77. The zero-order valence-electron chi connectivity index (χ0n) is 14.4. The Balaban J connectivity index is 2.32. The molecule has 2 aromatic carbocycles. The van der Waals surface area contributed by atoms with E-state index in [0.29, 0.717) is 29.7 Å². The summed E-state index contributed by atoms with van der Waals surface area (Å²) in [5.41, 5.74) is -2.49. The van der Waals surface area contributed by atoms with Gasteiger partial charge in [0.1, 0.15) is 5.69 Å². The monoisotopic (exact) mass is 388 g/mol. The summed E-state index contributed by atoms with van der Waals surface area (Å²) < 4.78 is 62.9. The van der Waals surface area contributed by atoms with Crippen LogP contribution in [-0.4, -0.2) is 18.6 Å². The molecular weight excluding hydrogens is 372 g/mol. The lowest BCUT2D eigenvalue weighted by Gasteiger charge is -2.14. The molecule has 0 aliphatic carbocycles. The van der Waals surface area contributed by atoms with Crippen molar-refractivity contribution in [1.82, 2.24) is 0 Å². The number of halogens is 4. The highest BCUT2D eigenvalue weighted by molar-refractivity contribution is 5.64. The van der Waals surface area contributed by atoms with E-state index in [9.17, 15) is 27.7 Å². The van der Waals surface area contributed by atoms with Crippen LogP contribution in [0, 0.1) is 15.9 Å². The molecule has 0 fully saturated rings. The van der Waals surface area contributed by atoms with E-state index in [1.165, 1.54) is 7.11 Å². The summed E-state index contributed by atoms with van der Waals surface area (Å²) >= 11 is 0. The molecule has 10 heteroatoms. The number of benzene rings is 2. The number of alkyl halides is 3. The van der Waals surface area contributed by atoms with Crippen molar-refractivity contribution in [2.45, 2.75) is 19.6 Å². The smallest absolute Gasteiger partial charge is 0.416 e. The normalized spacial score (nSPS) is 11.2. The van der Waals surface area contributed by atoms with Crippen LogP contribution in [-0.2, 0) is 12.7 Å². The lowest BCUT2D eigenvalue weighted by molar-refractivity contribution is -0.384. The molecule has 0 amide bonds. The van der Waals surface area contributed by atoms with E-state index in [4.69, 9.17) is 9.47 Å². The van der Waals surface area contributed by atoms with Crippen molar-refractivity contribution in [3.63, 3.8) is 0 Å². The van der Waals surface area contributed by atoms with Gasteiger partial charge in [-0.05, 0) is 30.7 Å². The summed E-state index contributed by atoms with van der Waals surface area (Å²) in [7, 11) is 1.46. The third-order valence-corrected chi connectivity index (χ3v) is 3.59. The van der Waals surface area contributed by atoms with Gasteiger partial charge in [0, 0.05) is 12.6 Å². The summed E-state index contributed by atoms with van der Waals surface area (Å²) in [5, 5.41) is 13.6. The fraction of sp³-hybridized carbons (Fsp3) is 0.294. The highest BCUT2D eigenvalue weighted by Crippen LogP contribution is 2.37. The topological polar surface area (TPSA) is 73.6 Å². The van der Waals surface area contributed by atoms with Crippen LogP contribution in [0.4, 0.5) is 28.9 Å². The number of nitrogens with zero attached hydrogens (tertiary/aromatic N) is 1. The van der Waals surface area contributed by atoms with Crippen LogP contribution in [0.1, 0.15) is 18.1 Å². The standard InChI is InChI=1S/C17H16F4N2O4/c1-3-27-15-6-10(4-5-14(15)26-2)9-22-16-12(18)7-11(17(19,20)21)8-13(16)23(24)25/h4-8,22H,3,9H2,1-2H3. The minimum atomic E-state index is -4.90. The first kappa shape index (κ1) is 20.3. The molecular formula is C17H16F4N2O4. The second-order valence-electron chi connectivity index (χ2n) is 5.38. The molecule has 2 rings (SSSR count). The maximum atomic E-state index is 14.1. The quantitative estimate of drug-likeness (QED) is 0.420. The molecule has 0 aliphatic heterocycles. The van der Waals surface area contributed by atoms with Crippen molar-refractivity contribution in [3.8, 4) is 11.5 Å². The maximum Gasteiger partial charge on any atom is 0.416 e. The number of rotatable bonds is 7. The van der Waals surface area contributed by atoms with Crippen LogP contribution in [0.2, 0.25) is 0 Å². The zero-order chi connectivity index (χ0) is 20.2. The average Bonchev–Trinajstić information content (AvgIpc) is 2.59.